The molecule has 0 aromatic rings. The number of rotatable bonds is 4. The Morgan fingerprint density at radius 3 is 2.63 bits per heavy atom. The number of carbonyl (C=O) groups is 1. The molecule has 108 valence electrons. The molecule has 1 aliphatic rings. The maximum atomic E-state index is 12.3. The molecule has 1 aliphatic heterocycles. The zero-order valence-electron chi connectivity index (χ0n) is 12.6. The van der Waals surface area contributed by atoms with Gasteiger partial charge in [-0.25, -0.2) is 0 Å². The predicted octanol–water partition coefficient (Wildman–Crippen LogP) is 1.15. The van der Waals surface area contributed by atoms with Crippen molar-refractivity contribution < 1.29 is 9.53 Å². The van der Waals surface area contributed by atoms with Crippen molar-refractivity contribution in [3.63, 3.8) is 0 Å². The molecule has 1 saturated heterocycles. The molecule has 0 bridgehead atoms. The van der Waals surface area contributed by atoms with Crippen LogP contribution in [-0.4, -0.2) is 48.2 Å². The first-order valence-corrected chi connectivity index (χ1v) is 6.89. The van der Waals surface area contributed by atoms with E-state index in [1.54, 1.807) is 6.92 Å². The molecule has 0 aromatic carbocycles. The van der Waals surface area contributed by atoms with Crippen molar-refractivity contribution in [3.05, 3.63) is 0 Å². The molecule has 0 spiro atoms. The molecule has 1 fully saturated rings. The summed E-state index contributed by atoms with van der Waals surface area (Å²) in [7, 11) is 0. The van der Waals surface area contributed by atoms with E-state index < -0.39 is 5.54 Å². The number of hydrogen-bond donors (Lipinski definition) is 1. The van der Waals surface area contributed by atoms with E-state index >= 15 is 0 Å². The summed E-state index contributed by atoms with van der Waals surface area (Å²) in [6.07, 6.45) is 0.149. The van der Waals surface area contributed by atoms with Crippen LogP contribution in [0.25, 0.3) is 0 Å². The molecule has 19 heavy (non-hydrogen) atoms. The Balaban J connectivity index is 2.65. The van der Waals surface area contributed by atoms with Gasteiger partial charge in [0.25, 0.3) is 0 Å². The Morgan fingerprint density at radius 1 is 1.53 bits per heavy atom. The summed E-state index contributed by atoms with van der Waals surface area (Å²) in [5.74, 6) is -0.0240. The van der Waals surface area contributed by atoms with Crippen LogP contribution < -0.4 is 5.32 Å². The monoisotopic (exact) mass is 267 g/mol. The van der Waals surface area contributed by atoms with E-state index in [4.69, 9.17) is 4.74 Å². The van der Waals surface area contributed by atoms with E-state index in [9.17, 15) is 10.1 Å². The molecule has 1 N–H and O–H groups in total. The third kappa shape index (κ3) is 3.92. The highest BCUT2D eigenvalue weighted by Crippen LogP contribution is 2.16. The van der Waals surface area contributed by atoms with Gasteiger partial charge in [-0.2, -0.15) is 5.26 Å². The minimum Gasteiger partial charge on any atom is -0.376 e. The minimum absolute atomic E-state index is 0.0669. The first-order chi connectivity index (χ1) is 8.80. The number of amides is 1. The lowest BCUT2D eigenvalue weighted by atomic mass is 9.89. The van der Waals surface area contributed by atoms with Gasteiger partial charge in [-0.3, -0.25) is 9.69 Å². The molecule has 1 heterocycles. The van der Waals surface area contributed by atoms with Crippen LogP contribution in [-0.2, 0) is 9.53 Å². The lowest BCUT2D eigenvalue weighted by molar-refractivity contribution is -0.130. The van der Waals surface area contributed by atoms with Crippen LogP contribution in [0.1, 0.15) is 34.6 Å². The smallest absolute Gasteiger partial charge is 0.238 e. The van der Waals surface area contributed by atoms with Crippen LogP contribution in [0.15, 0.2) is 0 Å². The molecule has 0 aliphatic carbocycles. The number of carbonyl (C=O) groups excluding carboxylic acids is 1. The van der Waals surface area contributed by atoms with Crippen molar-refractivity contribution >= 4 is 5.91 Å². The maximum Gasteiger partial charge on any atom is 0.238 e. The zero-order chi connectivity index (χ0) is 14.6. The van der Waals surface area contributed by atoms with Crippen LogP contribution in [0.5, 0.6) is 0 Å². The molecule has 3 atom stereocenters. The van der Waals surface area contributed by atoms with Gasteiger partial charge in [0.15, 0.2) is 0 Å². The molecule has 1 amide bonds. The normalized spacial score (nSPS) is 25.4. The van der Waals surface area contributed by atoms with Gasteiger partial charge in [0, 0.05) is 13.1 Å². The number of hydrogen-bond acceptors (Lipinski definition) is 4. The number of nitriles is 1. The van der Waals surface area contributed by atoms with E-state index in [2.05, 4.69) is 16.3 Å². The Morgan fingerprint density at radius 2 is 2.16 bits per heavy atom. The van der Waals surface area contributed by atoms with Crippen LogP contribution in [0.3, 0.4) is 0 Å². The topological polar surface area (TPSA) is 65.4 Å². The zero-order valence-corrected chi connectivity index (χ0v) is 12.6. The summed E-state index contributed by atoms with van der Waals surface area (Å²) in [6, 6.07) is 1.96. The van der Waals surface area contributed by atoms with Gasteiger partial charge in [-0.1, -0.05) is 13.8 Å². The quantitative estimate of drug-likeness (QED) is 0.830. The summed E-state index contributed by atoms with van der Waals surface area (Å²) >= 11 is 0. The van der Waals surface area contributed by atoms with E-state index in [0.717, 1.165) is 13.1 Å². The van der Waals surface area contributed by atoms with Gasteiger partial charge < -0.3 is 10.1 Å². The van der Waals surface area contributed by atoms with E-state index in [0.29, 0.717) is 6.61 Å². The van der Waals surface area contributed by atoms with Gasteiger partial charge in [-0.05, 0) is 26.7 Å². The first kappa shape index (κ1) is 15.9. The Labute approximate surface area is 115 Å². The van der Waals surface area contributed by atoms with Crippen molar-refractivity contribution in [2.75, 3.05) is 19.7 Å². The molecule has 0 saturated carbocycles. The van der Waals surface area contributed by atoms with E-state index in [-0.39, 0.29) is 24.0 Å². The van der Waals surface area contributed by atoms with Gasteiger partial charge in [0.1, 0.15) is 5.54 Å². The van der Waals surface area contributed by atoms with Crippen molar-refractivity contribution in [3.8, 4) is 6.07 Å². The maximum absolute atomic E-state index is 12.3. The largest absolute Gasteiger partial charge is 0.376 e. The fourth-order valence-corrected chi connectivity index (χ4v) is 2.02. The second-order valence-corrected chi connectivity index (χ2v) is 5.81. The third-order valence-electron chi connectivity index (χ3n) is 3.97. The standard InChI is InChI=1S/C14H25N3O2/c1-10(2)14(5,9-15)16-13(18)12(4)17-6-7-19-11(3)8-17/h10-12H,6-8H2,1-5H3,(H,16,18)/t11-,12+,14-/m1/s1. The third-order valence-corrected chi connectivity index (χ3v) is 3.97. The minimum atomic E-state index is -0.816. The molecule has 0 radical (unpaired) electrons. The molecular formula is C14H25N3O2. The van der Waals surface area contributed by atoms with Gasteiger partial charge in [0.05, 0.1) is 24.8 Å². The molecular weight excluding hydrogens is 242 g/mol. The number of morpholine rings is 1. The average Bonchev–Trinajstić information content (AvgIpc) is 2.37. The van der Waals surface area contributed by atoms with Crippen molar-refractivity contribution in [2.24, 2.45) is 5.92 Å². The van der Waals surface area contributed by atoms with Gasteiger partial charge >= 0.3 is 0 Å². The SMILES string of the molecule is CC(C)[C@@](C)(C#N)NC(=O)[C@H](C)N1CCO[C@H](C)C1. The summed E-state index contributed by atoms with van der Waals surface area (Å²) in [6.45, 7) is 11.7. The highest BCUT2D eigenvalue weighted by Gasteiger charge is 2.34. The first-order valence-electron chi connectivity index (χ1n) is 6.89. The molecule has 0 unspecified atom stereocenters. The molecule has 0 aromatic heterocycles. The second kappa shape index (κ2) is 6.36. The Hall–Kier alpha value is -1.12. The highest BCUT2D eigenvalue weighted by molar-refractivity contribution is 5.82. The number of ether oxygens (including phenoxy) is 1. The van der Waals surface area contributed by atoms with Gasteiger partial charge in [0.2, 0.25) is 5.91 Å². The van der Waals surface area contributed by atoms with E-state index in [1.165, 1.54) is 0 Å². The molecule has 5 heteroatoms. The van der Waals surface area contributed by atoms with Gasteiger partial charge in [-0.15, -0.1) is 0 Å². The van der Waals surface area contributed by atoms with Crippen molar-refractivity contribution in [1.82, 2.24) is 10.2 Å². The van der Waals surface area contributed by atoms with Crippen LogP contribution in [0, 0.1) is 17.2 Å². The summed E-state index contributed by atoms with van der Waals surface area (Å²) in [4.78, 5) is 14.4. The van der Waals surface area contributed by atoms with E-state index in [1.807, 2.05) is 27.7 Å². The lowest BCUT2D eigenvalue weighted by Crippen LogP contribution is -2.57. The fraction of sp³-hybridized carbons (Fsp3) is 0.857. The molecule has 5 nitrogen and oxygen atoms in total. The summed E-state index contributed by atoms with van der Waals surface area (Å²) in [5, 5.41) is 12.1. The second-order valence-electron chi connectivity index (χ2n) is 5.81. The summed E-state index contributed by atoms with van der Waals surface area (Å²) in [5.41, 5.74) is -0.816. The summed E-state index contributed by atoms with van der Waals surface area (Å²) < 4.78 is 5.47. The van der Waals surface area contributed by atoms with Crippen LogP contribution in [0.4, 0.5) is 0 Å². The van der Waals surface area contributed by atoms with Crippen molar-refractivity contribution in [1.29, 1.82) is 5.26 Å². The van der Waals surface area contributed by atoms with Crippen molar-refractivity contribution in [2.45, 2.75) is 52.3 Å². The predicted molar refractivity (Wildman–Crippen MR) is 73.4 cm³/mol. The Bertz CT molecular complexity index is 364. The number of nitrogens with one attached hydrogen (secondary N) is 1. The molecule has 1 rings (SSSR count). The lowest BCUT2D eigenvalue weighted by Gasteiger charge is -2.36. The van der Waals surface area contributed by atoms with Crippen LogP contribution in [0.2, 0.25) is 0 Å². The highest BCUT2D eigenvalue weighted by atomic mass is 16.5. The van der Waals surface area contributed by atoms with Crippen LogP contribution >= 0.6 is 0 Å². The average molecular weight is 267 g/mol. The number of nitrogens with zero attached hydrogens (tertiary/aromatic N) is 2. The fourth-order valence-electron chi connectivity index (χ4n) is 2.02. The Kier molecular flexibility index (Phi) is 5.33.